The summed E-state index contributed by atoms with van der Waals surface area (Å²) >= 11 is 1.79. The van der Waals surface area contributed by atoms with Crippen molar-refractivity contribution in [2.24, 2.45) is 5.92 Å². The highest BCUT2D eigenvalue weighted by Crippen LogP contribution is 2.31. The smallest absolute Gasteiger partial charge is 0.312 e. The summed E-state index contributed by atoms with van der Waals surface area (Å²) < 4.78 is 27.2. The Balaban J connectivity index is 2.28. The van der Waals surface area contributed by atoms with Gasteiger partial charge in [-0.1, -0.05) is 6.07 Å². The summed E-state index contributed by atoms with van der Waals surface area (Å²) in [6, 6.07) is 4.22. The Bertz CT molecular complexity index is 627. The van der Waals surface area contributed by atoms with Crippen LogP contribution in [0.1, 0.15) is 6.42 Å². The van der Waals surface area contributed by atoms with Gasteiger partial charge < -0.3 is 5.32 Å². The Morgan fingerprint density at radius 1 is 1.48 bits per heavy atom. The third kappa shape index (κ3) is 3.66. The molecule has 0 aromatic heterocycles. The van der Waals surface area contributed by atoms with Crippen LogP contribution in [0.4, 0.5) is 11.4 Å². The lowest BCUT2D eigenvalue weighted by molar-refractivity contribution is -0.386. The predicted octanol–water partition coefficient (Wildman–Crippen LogP) is 1.67. The van der Waals surface area contributed by atoms with Crippen molar-refractivity contribution in [2.75, 3.05) is 30.4 Å². The first-order valence-corrected chi connectivity index (χ1v) is 9.12. The normalized spacial score (nSPS) is 18.6. The zero-order valence-electron chi connectivity index (χ0n) is 11.5. The molecule has 0 bridgehead atoms. The number of benzene rings is 1. The van der Waals surface area contributed by atoms with Gasteiger partial charge in [0.05, 0.1) is 4.92 Å². The van der Waals surface area contributed by atoms with Crippen molar-refractivity contribution in [3.63, 3.8) is 0 Å². The molecule has 1 saturated heterocycles. The SMILES string of the molecule is CNc1cccc(S(=O)(=O)NCC2CCSC2)c1[N+](=O)[O-]. The minimum absolute atomic E-state index is 0.180. The number of thioether (sulfide) groups is 1. The van der Waals surface area contributed by atoms with Gasteiger partial charge in [-0.05, 0) is 36.0 Å². The fourth-order valence-electron chi connectivity index (χ4n) is 2.18. The summed E-state index contributed by atoms with van der Waals surface area (Å²) in [4.78, 5) is 10.2. The zero-order valence-corrected chi connectivity index (χ0v) is 13.2. The highest BCUT2D eigenvalue weighted by Gasteiger charge is 2.29. The van der Waals surface area contributed by atoms with Crippen molar-refractivity contribution >= 4 is 33.2 Å². The van der Waals surface area contributed by atoms with Gasteiger partial charge in [-0.3, -0.25) is 10.1 Å². The molecule has 1 aromatic rings. The van der Waals surface area contributed by atoms with Gasteiger partial charge in [0.2, 0.25) is 10.0 Å². The second-order valence-electron chi connectivity index (χ2n) is 4.74. The van der Waals surface area contributed by atoms with E-state index in [1.54, 1.807) is 11.8 Å². The third-order valence-corrected chi connectivity index (χ3v) is 6.01. The van der Waals surface area contributed by atoms with Crippen molar-refractivity contribution < 1.29 is 13.3 Å². The molecule has 0 aliphatic carbocycles. The van der Waals surface area contributed by atoms with Crippen LogP contribution < -0.4 is 10.0 Å². The third-order valence-electron chi connectivity index (χ3n) is 3.33. The summed E-state index contributed by atoms with van der Waals surface area (Å²) in [6.45, 7) is 0.316. The Morgan fingerprint density at radius 2 is 2.24 bits per heavy atom. The van der Waals surface area contributed by atoms with E-state index in [-0.39, 0.29) is 16.5 Å². The molecule has 0 saturated carbocycles. The molecule has 21 heavy (non-hydrogen) atoms. The molecule has 1 unspecified atom stereocenters. The molecular weight excluding hydrogens is 314 g/mol. The van der Waals surface area contributed by atoms with E-state index < -0.39 is 20.6 Å². The standard InChI is InChI=1S/C12H17N3O4S2/c1-13-10-3-2-4-11(12(10)15(16)17)21(18,19)14-7-9-5-6-20-8-9/h2-4,9,13-14H,5-8H2,1H3. The van der Waals surface area contributed by atoms with Crippen LogP contribution in [0.15, 0.2) is 23.1 Å². The van der Waals surface area contributed by atoms with Crippen molar-refractivity contribution in [3.8, 4) is 0 Å². The van der Waals surface area contributed by atoms with Crippen LogP contribution in [0.2, 0.25) is 0 Å². The van der Waals surface area contributed by atoms with E-state index in [9.17, 15) is 18.5 Å². The molecule has 116 valence electrons. The monoisotopic (exact) mass is 331 g/mol. The first kappa shape index (κ1) is 16.1. The molecule has 1 aliphatic heterocycles. The summed E-state index contributed by atoms with van der Waals surface area (Å²) in [7, 11) is -2.38. The quantitative estimate of drug-likeness (QED) is 0.607. The molecule has 1 aromatic carbocycles. The average Bonchev–Trinajstić information content (AvgIpc) is 2.97. The highest BCUT2D eigenvalue weighted by atomic mass is 32.2. The van der Waals surface area contributed by atoms with Gasteiger partial charge in [0, 0.05) is 13.6 Å². The van der Waals surface area contributed by atoms with E-state index >= 15 is 0 Å². The van der Waals surface area contributed by atoms with Crippen LogP contribution in [0.3, 0.4) is 0 Å². The molecule has 0 amide bonds. The van der Waals surface area contributed by atoms with E-state index in [0.717, 1.165) is 17.9 Å². The van der Waals surface area contributed by atoms with E-state index in [2.05, 4.69) is 10.0 Å². The lowest BCUT2D eigenvalue weighted by Gasteiger charge is -2.12. The van der Waals surface area contributed by atoms with Crippen LogP contribution in [-0.4, -0.2) is 38.4 Å². The first-order chi connectivity index (χ1) is 9.95. The minimum Gasteiger partial charge on any atom is -0.383 e. The minimum atomic E-state index is -3.90. The second kappa shape index (κ2) is 6.63. The summed E-state index contributed by atoms with van der Waals surface area (Å²) in [6.07, 6.45) is 0.964. The van der Waals surface area contributed by atoms with Crippen molar-refractivity contribution in [2.45, 2.75) is 11.3 Å². The van der Waals surface area contributed by atoms with E-state index in [1.807, 2.05) is 0 Å². The number of hydrogen-bond donors (Lipinski definition) is 2. The lowest BCUT2D eigenvalue weighted by Crippen LogP contribution is -2.30. The van der Waals surface area contributed by atoms with Gasteiger partial charge in [-0.15, -0.1) is 0 Å². The molecule has 1 atom stereocenters. The van der Waals surface area contributed by atoms with Crippen molar-refractivity contribution in [1.82, 2.24) is 4.72 Å². The number of hydrogen-bond acceptors (Lipinski definition) is 6. The van der Waals surface area contributed by atoms with E-state index in [4.69, 9.17) is 0 Å². The fraction of sp³-hybridized carbons (Fsp3) is 0.500. The molecule has 1 heterocycles. The number of nitro groups is 1. The highest BCUT2D eigenvalue weighted by molar-refractivity contribution is 7.99. The maximum atomic E-state index is 12.3. The van der Waals surface area contributed by atoms with Gasteiger partial charge >= 0.3 is 5.69 Å². The Kier molecular flexibility index (Phi) is 5.07. The number of nitrogens with zero attached hydrogens (tertiary/aromatic N) is 1. The van der Waals surface area contributed by atoms with Gasteiger partial charge in [0.25, 0.3) is 0 Å². The second-order valence-corrected chi connectivity index (χ2v) is 7.63. The first-order valence-electron chi connectivity index (χ1n) is 6.48. The number of para-hydroxylation sites is 1. The number of nitro benzene ring substituents is 1. The fourth-order valence-corrected chi connectivity index (χ4v) is 4.77. The van der Waals surface area contributed by atoms with Gasteiger partial charge in [-0.25, -0.2) is 13.1 Å². The summed E-state index contributed by atoms with van der Waals surface area (Å²) in [5, 5.41) is 13.8. The molecule has 1 fully saturated rings. The molecule has 2 N–H and O–H groups in total. The molecule has 2 rings (SSSR count). The number of sulfonamides is 1. The zero-order chi connectivity index (χ0) is 15.5. The predicted molar refractivity (Wildman–Crippen MR) is 83.3 cm³/mol. The van der Waals surface area contributed by atoms with Gasteiger partial charge in [0.1, 0.15) is 5.69 Å². The molecule has 9 heteroatoms. The molecule has 0 spiro atoms. The Labute approximate surface area is 127 Å². The Hall–Kier alpha value is -1.32. The van der Waals surface area contributed by atoms with Crippen LogP contribution in [0, 0.1) is 16.0 Å². The van der Waals surface area contributed by atoms with Crippen LogP contribution in [0.25, 0.3) is 0 Å². The molecule has 7 nitrogen and oxygen atoms in total. The van der Waals surface area contributed by atoms with E-state index in [0.29, 0.717) is 6.54 Å². The average molecular weight is 331 g/mol. The van der Waals surface area contributed by atoms with Crippen molar-refractivity contribution in [3.05, 3.63) is 28.3 Å². The molecular formula is C12H17N3O4S2. The number of nitrogens with one attached hydrogen (secondary N) is 2. The number of rotatable bonds is 6. The maximum absolute atomic E-state index is 12.3. The largest absolute Gasteiger partial charge is 0.383 e. The van der Waals surface area contributed by atoms with Crippen LogP contribution in [0.5, 0.6) is 0 Å². The molecule has 0 radical (unpaired) electrons. The molecule has 1 aliphatic rings. The lowest BCUT2D eigenvalue weighted by atomic mass is 10.1. The number of anilines is 1. The van der Waals surface area contributed by atoms with Gasteiger partial charge in [-0.2, -0.15) is 11.8 Å². The van der Waals surface area contributed by atoms with Crippen molar-refractivity contribution in [1.29, 1.82) is 0 Å². The summed E-state index contributed by atoms with van der Waals surface area (Å²) in [5.74, 6) is 2.24. The summed E-state index contributed by atoms with van der Waals surface area (Å²) in [5.41, 5.74) is -0.243. The maximum Gasteiger partial charge on any atom is 0.312 e. The van der Waals surface area contributed by atoms with E-state index in [1.165, 1.54) is 25.2 Å². The van der Waals surface area contributed by atoms with Crippen LogP contribution in [-0.2, 0) is 10.0 Å². The van der Waals surface area contributed by atoms with Crippen LogP contribution >= 0.6 is 11.8 Å². The topological polar surface area (TPSA) is 101 Å². The Morgan fingerprint density at radius 3 is 2.81 bits per heavy atom. The van der Waals surface area contributed by atoms with Gasteiger partial charge in [0.15, 0.2) is 4.90 Å².